The minimum Gasteiger partial charge on any atom is -0.389 e. The molecule has 0 bridgehead atoms. The Bertz CT molecular complexity index is 560. The fraction of sp³-hybridized carbons (Fsp3) is 0.417. The van der Waals surface area contributed by atoms with Crippen molar-refractivity contribution in [1.29, 1.82) is 0 Å². The Morgan fingerprint density at radius 3 is 2.33 bits per heavy atom. The van der Waals surface area contributed by atoms with E-state index in [2.05, 4.69) is 4.98 Å². The van der Waals surface area contributed by atoms with E-state index in [1.807, 2.05) is 0 Å². The predicted octanol–water partition coefficient (Wildman–Crippen LogP) is 1.26. The average molecular weight is 320 g/mol. The number of hydrogen-bond donors (Lipinski definition) is 1. The number of hydrogen-bond acceptors (Lipinski definition) is 4. The lowest BCUT2D eigenvalue weighted by Gasteiger charge is -2.23. The lowest BCUT2D eigenvalue weighted by atomic mass is 10.2. The van der Waals surface area contributed by atoms with Gasteiger partial charge in [0.25, 0.3) is 0 Å². The number of carbonyl (C=O) groups excluding carboxylic acids is 1. The van der Waals surface area contributed by atoms with E-state index in [1.54, 1.807) is 14.1 Å². The van der Waals surface area contributed by atoms with Crippen LogP contribution < -0.4 is 10.6 Å². The maximum absolute atomic E-state index is 12.7. The molecule has 0 saturated heterocycles. The highest BCUT2D eigenvalue weighted by atomic mass is 32.1. The molecule has 2 N–H and O–H groups in total. The van der Waals surface area contributed by atoms with Crippen LogP contribution in [0.2, 0.25) is 0 Å². The van der Waals surface area contributed by atoms with Crippen LogP contribution in [0.1, 0.15) is 11.3 Å². The van der Waals surface area contributed by atoms with Crippen LogP contribution in [0.4, 0.5) is 19.0 Å². The highest BCUT2D eigenvalue weighted by molar-refractivity contribution is 7.80. The molecule has 5 nitrogen and oxygen atoms in total. The van der Waals surface area contributed by atoms with E-state index in [9.17, 15) is 18.0 Å². The number of likely N-dealkylation sites (N-methyl/N-ethyl adjacent to an activating group) is 2. The van der Waals surface area contributed by atoms with Crippen molar-refractivity contribution in [3.63, 3.8) is 0 Å². The van der Waals surface area contributed by atoms with E-state index in [0.29, 0.717) is 0 Å². The second kappa shape index (κ2) is 6.25. The molecule has 1 amide bonds. The molecule has 0 atom stereocenters. The topological polar surface area (TPSA) is 62.5 Å². The molecule has 0 unspecified atom stereocenters. The number of thiocarbonyl (C=S) groups is 1. The maximum Gasteiger partial charge on any atom is 0.433 e. The van der Waals surface area contributed by atoms with Crippen molar-refractivity contribution in [3.8, 4) is 0 Å². The minimum atomic E-state index is -4.59. The van der Waals surface area contributed by atoms with Crippen molar-refractivity contribution in [2.45, 2.75) is 6.18 Å². The standard InChI is InChI=1S/C12H15F3N4OS/c1-18(2)9(20)6-19(3)11-7(10(16)21)4-5-8(17-11)12(13,14)15/h4-5H,6H2,1-3H3,(H2,16,21). The van der Waals surface area contributed by atoms with Crippen LogP contribution in [0.25, 0.3) is 0 Å². The number of nitrogens with zero attached hydrogens (tertiary/aromatic N) is 3. The molecule has 1 aromatic heterocycles. The molecule has 0 fully saturated rings. The van der Waals surface area contributed by atoms with Crippen molar-refractivity contribution in [3.05, 3.63) is 23.4 Å². The van der Waals surface area contributed by atoms with Gasteiger partial charge in [-0.15, -0.1) is 0 Å². The summed E-state index contributed by atoms with van der Waals surface area (Å²) in [6.45, 7) is -0.142. The Kier molecular flexibility index (Phi) is 5.10. The van der Waals surface area contributed by atoms with E-state index in [0.717, 1.165) is 12.1 Å². The summed E-state index contributed by atoms with van der Waals surface area (Å²) in [4.78, 5) is 17.7. The van der Waals surface area contributed by atoms with Gasteiger partial charge in [0.05, 0.1) is 12.1 Å². The summed E-state index contributed by atoms with van der Waals surface area (Å²) in [6, 6.07) is 1.96. The first-order valence-electron chi connectivity index (χ1n) is 5.83. The third-order valence-corrected chi connectivity index (χ3v) is 2.88. The number of alkyl halides is 3. The Morgan fingerprint density at radius 2 is 1.90 bits per heavy atom. The number of carbonyl (C=O) groups is 1. The van der Waals surface area contributed by atoms with Gasteiger partial charge in [0, 0.05) is 21.1 Å². The van der Waals surface area contributed by atoms with Gasteiger partial charge in [0.1, 0.15) is 16.5 Å². The fourth-order valence-corrected chi connectivity index (χ4v) is 1.67. The molecule has 0 aliphatic heterocycles. The van der Waals surface area contributed by atoms with Gasteiger partial charge in [0.2, 0.25) is 5.91 Å². The summed E-state index contributed by atoms with van der Waals surface area (Å²) in [7, 11) is 4.54. The van der Waals surface area contributed by atoms with Crippen LogP contribution in [-0.2, 0) is 11.0 Å². The van der Waals surface area contributed by atoms with Crippen LogP contribution in [0, 0.1) is 0 Å². The normalized spacial score (nSPS) is 11.1. The van der Waals surface area contributed by atoms with Crippen molar-refractivity contribution in [2.24, 2.45) is 5.73 Å². The van der Waals surface area contributed by atoms with Crippen LogP contribution in [0.5, 0.6) is 0 Å². The Hall–Kier alpha value is -1.90. The maximum atomic E-state index is 12.7. The second-order valence-corrected chi connectivity index (χ2v) is 5.01. The summed E-state index contributed by atoms with van der Waals surface area (Å²) in [5.41, 5.74) is 4.61. The average Bonchev–Trinajstić information content (AvgIpc) is 2.36. The monoisotopic (exact) mass is 320 g/mol. The van der Waals surface area contributed by atoms with Gasteiger partial charge < -0.3 is 15.5 Å². The first kappa shape index (κ1) is 17.2. The third-order valence-electron chi connectivity index (χ3n) is 2.66. The number of rotatable bonds is 4. The molecule has 0 aliphatic rings. The number of halogens is 3. The third kappa shape index (κ3) is 4.28. The van der Waals surface area contributed by atoms with E-state index in [1.165, 1.54) is 16.8 Å². The van der Waals surface area contributed by atoms with Crippen molar-refractivity contribution < 1.29 is 18.0 Å². The smallest absolute Gasteiger partial charge is 0.389 e. The summed E-state index contributed by atoms with van der Waals surface area (Å²) in [6.07, 6.45) is -4.59. The highest BCUT2D eigenvalue weighted by Crippen LogP contribution is 2.30. The molecular formula is C12H15F3N4OS. The number of aromatic nitrogens is 1. The molecule has 0 radical (unpaired) electrons. The van der Waals surface area contributed by atoms with Gasteiger partial charge in [-0.25, -0.2) is 4.98 Å². The van der Waals surface area contributed by atoms with Gasteiger partial charge in [-0.2, -0.15) is 13.2 Å². The van der Waals surface area contributed by atoms with Crippen molar-refractivity contribution in [2.75, 3.05) is 32.6 Å². The molecule has 116 valence electrons. The first-order chi connectivity index (χ1) is 9.54. The Labute approximate surface area is 125 Å². The van der Waals surface area contributed by atoms with Gasteiger partial charge in [0.15, 0.2) is 0 Å². The summed E-state index contributed by atoms with van der Waals surface area (Å²) < 4.78 is 38.2. The van der Waals surface area contributed by atoms with Gasteiger partial charge >= 0.3 is 6.18 Å². The Balaban J connectivity index is 3.23. The molecule has 21 heavy (non-hydrogen) atoms. The number of nitrogens with two attached hydrogens (primary N) is 1. The second-order valence-electron chi connectivity index (χ2n) is 4.57. The predicted molar refractivity (Wildman–Crippen MR) is 77.1 cm³/mol. The lowest BCUT2D eigenvalue weighted by molar-refractivity contribution is -0.141. The molecule has 0 spiro atoms. The molecule has 0 saturated carbocycles. The summed E-state index contributed by atoms with van der Waals surface area (Å²) in [5, 5.41) is 0. The zero-order valence-electron chi connectivity index (χ0n) is 11.7. The fourth-order valence-electron chi connectivity index (χ4n) is 1.51. The summed E-state index contributed by atoms with van der Waals surface area (Å²) >= 11 is 4.81. The molecule has 0 aliphatic carbocycles. The lowest BCUT2D eigenvalue weighted by Crippen LogP contribution is -2.36. The number of anilines is 1. The van der Waals surface area contributed by atoms with E-state index in [4.69, 9.17) is 18.0 Å². The van der Waals surface area contributed by atoms with E-state index >= 15 is 0 Å². The summed E-state index contributed by atoms with van der Waals surface area (Å²) in [5.74, 6) is -0.363. The van der Waals surface area contributed by atoms with Crippen LogP contribution >= 0.6 is 12.2 Å². The highest BCUT2D eigenvalue weighted by Gasteiger charge is 2.33. The van der Waals surface area contributed by atoms with Gasteiger partial charge in [-0.3, -0.25) is 4.79 Å². The van der Waals surface area contributed by atoms with Gasteiger partial charge in [-0.05, 0) is 12.1 Å². The minimum absolute atomic E-state index is 0.0764. The zero-order chi connectivity index (χ0) is 16.4. The molecule has 1 rings (SSSR count). The van der Waals surface area contributed by atoms with Crippen molar-refractivity contribution >= 4 is 28.9 Å². The molecule has 9 heteroatoms. The SMILES string of the molecule is CN(C)C(=O)CN(C)c1nc(C(F)(F)F)ccc1C(N)=S. The zero-order valence-corrected chi connectivity index (χ0v) is 12.5. The van der Waals surface area contributed by atoms with Gasteiger partial charge in [-0.1, -0.05) is 12.2 Å². The number of amides is 1. The molecular weight excluding hydrogens is 305 g/mol. The van der Waals surface area contributed by atoms with Crippen LogP contribution in [0.15, 0.2) is 12.1 Å². The quantitative estimate of drug-likeness (QED) is 0.846. The van der Waals surface area contributed by atoms with E-state index in [-0.39, 0.29) is 28.8 Å². The molecule has 0 aromatic carbocycles. The molecule has 1 aromatic rings. The van der Waals surface area contributed by atoms with Crippen LogP contribution in [-0.4, -0.2) is 48.5 Å². The molecule has 1 heterocycles. The van der Waals surface area contributed by atoms with E-state index < -0.39 is 11.9 Å². The van der Waals surface area contributed by atoms with Crippen LogP contribution in [0.3, 0.4) is 0 Å². The Morgan fingerprint density at radius 1 is 1.33 bits per heavy atom. The first-order valence-corrected chi connectivity index (χ1v) is 6.24. The largest absolute Gasteiger partial charge is 0.433 e. The number of pyridine rings is 1. The van der Waals surface area contributed by atoms with Crippen molar-refractivity contribution in [1.82, 2.24) is 9.88 Å².